The third-order valence-electron chi connectivity index (χ3n) is 3.74. The number of anilines is 1. The van der Waals surface area contributed by atoms with E-state index in [1.165, 1.54) is 15.5 Å². The summed E-state index contributed by atoms with van der Waals surface area (Å²) < 4.78 is 1.38. The molecule has 0 N–H and O–H groups in total. The summed E-state index contributed by atoms with van der Waals surface area (Å²) in [6.45, 7) is 3.95. The molecule has 5 nitrogen and oxygen atoms in total. The zero-order valence-corrected chi connectivity index (χ0v) is 13.3. The van der Waals surface area contributed by atoms with E-state index in [0.29, 0.717) is 5.65 Å². The molecule has 0 saturated heterocycles. The fraction of sp³-hybridized carbons (Fsp3) is 0.167. The van der Waals surface area contributed by atoms with E-state index in [-0.39, 0.29) is 17.0 Å². The maximum Gasteiger partial charge on any atom is 0.270 e. The van der Waals surface area contributed by atoms with Gasteiger partial charge in [-0.1, -0.05) is 12.1 Å². The number of fused-ring (bicyclic) bond motifs is 1. The van der Waals surface area contributed by atoms with Crippen molar-refractivity contribution in [1.82, 2.24) is 9.38 Å². The molecule has 3 aromatic rings. The van der Waals surface area contributed by atoms with Gasteiger partial charge in [0.1, 0.15) is 11.2 Å². The fourth-order valence-electron chi connectivity index (χ4n) is 2.62. The first-order valence-corrected chi connectivity index (χ1v) is 7.30. The standard InChI is InChI=1S/C18H17N3O2/c1-12-8-13(2)10-14(9-12)20(3)17(22)15-11-19-16-6-4-5-7-21(16)18(15)23/h4-11H,1-3H3. The quantitative estimate of drug-likeness (QED) is 0.731. The lowest BCUT2D eigenvalue weighted by atomic mass is 10.1. The van der Waals surface area contributed by atoms with Gasteiger partial charge in [-0.25, -0.2) is 4.98 Å². The Kier molecular flexibility index (Phi) is 3.70. The van der Waals surface area contributed by atoms with E-state index in [1.54, 1.807) is 31.4 Å². The lowest BCUT2D eigenvalue weighted by Crippen LogP contribution is -2.33. The van der Waals surface area contributed by atoms with E-state index in [0.717, 1.165) is 16.8 Å². The van der Waals surface area contributed by atoms with Crippen LogP contribution in [0, 0.1) is 13.8 Å². The summed E-state index contributed by atoms with van der Waals surface area (Å²) >= 11 is 0. The predicted octanol–water partition coefficient (Wildman–Crippen LogP) is 2.59. The number of carbonyl (C=O) groups excluding carboxylic acids is 1. The molecule has 0 atom stereocenters. The summed E-state index contributed by atoms with van der Waals surface area (Å²) in [5.41, 5.74) is 3.08. The lowest BCUT2D eigenvalue weighted by molar-refractivity contribution is 0.0991. The summed E-state index contributed by atoms with van der Waals surface area (Å²) in [5.74, 6) is -0.370. The zero-order valence-electron chi connectivity index (χ0n) is 13.3. The SMILES string of the molecule is Cc1cc(C)cc(N(C)C(=O)c2cnc3ccccn3c2=O)c1. The number of hydrogen-bond acceptors (Lipinski definition) is 3. The zero-order chi connectivity index (χ0) is 16.6. The minimum absolute atomic E-state index is 0.0513. The number of hydrogen-bond donors (Lipinski definition) is 0. The number of nitrogens with zero attached hydrogens (tertiary/aromatic N) is 3. The smallest absolute Gasteiger partial charge is 0.270 e. The van der Waals surface area contributed by atoms with Crippen molar-refractivity contribution in [2.75, 3.05) is 11.9 Å². The largest absolute Gasteiger partial charge is 0.311 e. The first kappa shape index (κ1) is 15.0. The van der Waals surface area contributed by atoms with Gasteiger partial charge < -0.3 is 4.90 Å². The Balaban J connectivity index is 2.06. The van der Waals surface area contributed by atoms with Crippen LogP contribution >= 0.6 is 0 Å². The molecule has 0 unspecified atom stereocenters. The molecule has 1 aromatic carbocycles. The molecule has 0 fully saturated rings. The number of aromatic nitrogens is 2. The summed E-state index contributed by atoms with van der Waals surface area (Å²) in [6, 6.07) is 11.1. The van der Waals surface area contributed by atoms with Gasteiger partial charge >= 0.3 is 0 Å². The molecule has 2 heterocycles. The van der Waals surface area contributed by atoms with Crippen molar-refractivity contribution in [3.63, 3.8) is 0 Å². The van der Waals surface area contributed by atoms with Gasteiger partial charge in [0.05, 0.1) is 0 Å². The summed E-state index contributed by atoms with van der Waals surface area (Å²) in [5, 5.41) is 0. The third-order valence-corrected chi connectivity index (χ3v) is 3.74. The topological polar surface area (TPSA) is 54.7 Å². The normalized spacial score (nSPS) is 10.7. The van der Waals surface area contributed by atoms with Gasteiger partial charge in [0, 0.05) is 25.1 Å². The van der Waals surface area contributed by atoms with Gasteiger partial charge in [-0.15, -0.1) is 0 Å². The lowest BCUT2D eigenvalue weighted by Gasteiger charge is -2.18. The molecule has 5 heteroatoms. The number of aryl methyl sites for hydroxylation is 2. The van der Waals surface area contributed by atoms with Crippen molar-refractivity contribution < 1.29 is 4.79 Å². The monoisotopic (exact) mass is 307 g/mol. The Labute approximate surface area is 133 Å². The van der Waals surface area contributed by atoms with Crippen molar-refractivity contribution in [1.29, 1.82) is 0 Å². The van der Waals surface area contributed by atoms with Crippen molar-refractivity contribution in [2.24, 2.45) is 0 Å². The van der Waals surface area contributed by atoms with Crippen molar-refractivity contribution in [3.05, 3.63) is 75.8 Å². The van der Waals surface area contributed by atoms with Crippen molar-refractivity contribution >= 4 is 17.2 Å². The second kappa shape index (κ2) is 5.68. The fourth-order valence-corrected chi connectivity index (χ4v) is 2.62. The molecule has 2 aromatic heterocycles. The maximum atomic E-state index is 12.7. The highest BCUT2D eigenvalue weighted by molar-refractivity contribution is 6.05. The molecule has 0 bridgehead atoms. The molecule has 0 aliphatic carbocycles. The molecule has 0 aliphatic rings. The highest BCUT2D eigenvalue weighted by Gasteiger charge is 2.19. The van der Waals surface area contributed by atoms with Crippen molar-refractivity contribution in [3.8, 4) is 0 Å². The molecule has 116 valence electrons. The van der Waals surface area contributed by atoms with Gasteiger partial charge in [0.25, 0.3) is 11.5 Å². The number of pyridine rings is 1. The van der Waals surface area contributed by atoms with Crippen LogP contribution in [0.4, 0.5) is 5.69 Å². The second-order valence-electron chi connectivity index (χ2n) is 5.62. The number of amides is 1. The molecule has 0 saturated carbocycles. The van der Waals surface area contributed by atoms with Crippen LogP contribution in [-0.2, 0) is 0 Å². The van der Waals surface area contributed by atoms with E-state index in [2.05, 4.69) is 4.98 Å². The van der Waals surface area contributed by atoms with E-state index < -0.39 is 0 Å². The van der Waals surface area contributed by atoms with E-state index in [1.807, 2.05) is 32.0 Å². The molecular formula is C18H17N3O2. The molecule has 0 spiro atoms. The van der Waals surface area contributed by atoms with Crippen LogP contribution in [0.15, 0.2) is 53.6 Å². The molecule has 1 amide bonds. The van der Waals surface area contributed by atoms with Gasteiger partial charge in [0.2, 0.25) is 0 Å². The highest BCUT2D eigenvalue weighted by atomic mass is 16.2. The molecular weight excluding hydrogens is 290 g/mol. The highest BCUT2D eigenvalue weighted by Crippen LogP contribution is 2.18. The first-order valence-electron chi connectivity index (χ1n) is 7.30. The average Bonchev–Trinajstić information content (AvgIpc) is 2.53. The number of carbonyl (C=O) groups is 1. The van der Waals surface area contributed by atoms with Crippen LogP contribution < -0.4 is 10.5 Å². The van der Waals surface area contributed by atoms with Gasteiger partial charge in [-0.05, 0) is 49.2 Å². The van der Waals surface area contributed by atoms with Crippen LogP contribution in [-0.4, -0.2) is 22.3 Å². The van der Waals surface area contributed by atoms with Gasteiger partial charge in [-0.2, -0.15) is 0 Å². The average molecular weight is 307 g/mol. The van der Waals surface area contributed by atoms with E-state index >= 15 is 0 Å². The van der Waals surface area contributed by atoms with Crippen LogP contribution in [0.3, 0.4) is 0 Å². The van der Waals surface area contributed by atoms with E-state index in [4.69, 9.17) is 0 Å². The first-order chi connectivity index (χ1) is 11.0. The minimum Gasteiger partial charge on any atom is -0.311 e. The molecule has 23 heavy (non-hydrogen) atoms. The predicted molar refractivity (Wildman–Crippen MR) is 90.1 cm³/mol. The summed E-state index contributed by atoms with van der Waals surface area (Å²) in [7, 11) is 1.66. The van der Waals surface area contributed by atoms with Crippen LogP contribution in [0.2, 0.25) is 0 Å². The maximum absolute atomic E-state index is 12.7. The van der Waals surface area contributed by atoms with Gasteiger partial charge in [0.15, 0.2) is 0 Å². The van der Waals surface area contributed by atoms with E-state index in [9.17, 15) is 9.59 Å². The van der Waals surface area contributed by atoms with Gasteiger partial charge in [-0.3, -0.25) is 14.0 Å². The Morgan fingerprint density at radius 2 is 1.83 bits per heavy atom. The second-order valence-corrected chi connectivity index (χ2v) is 5.62. The number of benzene rings is 1. The Hall–Kier alpha value is -2.95. The van der Waals surface area contributed by atoms with Crippen LogP contribution in [0.5, 0.6) is 0 Å². The molecule has 0 aliphatic heterocycles. The Morgan fingerprint density at radius 3 is 2.52 bits per heavy atom. The van der Waals surface area contributed by atoms with Crippen LogP contribution in [0.25, 0.3) is 5.65 Å². The van der Waals surface area contributed by atoms with Crippen LogP contribution in [0.1, 0.15) is 21.5 Å². The number of rotatable bonds is 2. The summed E-state index contributed by atoms with van der Waals surface area (Å²) in [6.07, 6.45) is 2.96. The summed E-state index contributed by atoms with van der Waals surface area (Å²) in [4.78, 5) is 30.9. The Morgan fingerprint density at radius 1 is 1.13 bits per heavy atom. The molecule has 0 radical (unpaired) electrons. The molecule has 3 rings (SSSR count). The third kappa shape index (κ3) is 2.73. The minimum atomic E-state index is -0.370. The van der Waals surface area contributed by atoms with Crippen molar-refractivity contribution in [2.45, 2.75) is 13.8 Å². The Bertz CT molecular complexity index is 940.